The minimum Gasteiger partial charge on any atom is -0.376 e. The fourth-order valence-electron chi connectivity index (χ4n) is 2.64. The number of likely N-dealkylation sites (tertiary alicyclic amines) is 1. The summed E-state index contributed by atoms with van der Waals surface area (Å²) in [5, 5.41) is 3.45. The van der Waals surface area contributed by atoms with Crippen LogP contribution in [0.2, 0.25) is 0 Å². The third kappa shape index (κ3) is 5.17. The highest BCUT2D eigenvalue weighted by Gasteiger charge is 2.19. The number of nitrogens with one attached hydrogen (secondary N) is 1. The molecular weight excluding hydrogens is 268 g/mol. The minimum absolute atomic E-state index is 0.542. The summed E-state index contributed by atoms with van der Waals surface area (Å²) in [5.41, 5.74) is 0. The molecule has 0 aliphatic carbocycles. The standard InChI is InChI=1S/C16H28N2OS/c1-13(2)17-11-15-6-7-16(20-15)12-19-10-8-14-5-4-9-18(14)3/h6-7,13-14,17H,4-5,8-12H2,1-3H3. The maximum absolute atomic E-state index is 5.83. The van der Waals surface area contributed by atoms with Gasteiger partial charge in [-0.15, -0.1) is 11.3 Å². The molecule has 1 aliphatic heterocycles. The molecule has 3 nitrogen and oxygen atoms in total. The first kappa shape index (κ1) is 16.0. The minimum atomic E-state index is 0.542. The van der Waals surface area contributed by atoms with E-state index in [2.05, 4.69) is 43.2 Å². The van der Waals surface area contributed by atoms with Gasteiger partial charge in [0, 0.05) is 35.0 Å². The molecule has 2 rings (SSSR count). The lowest BCUT2D eigenvalue weighted by Crippen LogP contribution is -2.25. The number of nitrogens with zero attached hydrogens (tertiary/aromatic N) is 1. The fourth-order valence-corrected chi connectivity index (χ4v) is 3.54. The molecule has 1 atom stereocenters. The SMILES string of the molecule is CC(C)NCc1ccc(COCCC2CCCN2C)s1. The quantitative estimate of drug-likeness (QED) is 0.745. The van der Waals surface area contributed by atoms with E-state index in [4.69, 9.17) is 4.74 Å². The summed E-state index contributed by atoms with van der Waals surface area (Å²) in [6, 6.07) is 5.69. The van der Waals surface area contributed by atoms with Crippen LogP contribution in [-0.2, 0) is 17.9 Å². The van der Waals surface area contributed by atoms with Crippen molar-refractivity contribution in [3.05, 3.63) is 21.9 Å². The number of hydrogen-bond acceptors (Lipinski definition) is 4. The van der Waals surface area contributed by atoms with Gasteiger partial charge in [0.05, 0.1) is 6.61 Å². The third-order valence-electron chi connectivity index (χ3n) is 3.91. The van der Waals surface area contributed by atoms with E-state index in [9.17, 15) is 0 Å². The van der Waals surface area contributed by atoms with Crippen molar-refractivity contribution in [2.45, 2.75) is 58.3 Å². The zero-order chi connectivity index (χ0) is 14.4. The molecule has 0 radical (unpaired) electrons. The van der Waals surface area contributed by atoms with E-state index >= 15 is 0 Å². The topological polar surface area (TPSA) is 24.5 Å². The Hall–Kier alpha value is -0.420. The highest BCUT2D eigenvalue weighted by atomic mass is 32.1. The van der Waals surface area contributed by atoms with Gasteiger partial charge in [-0.3, -0.25) is 0 Å². The maximum Gasteiger partial charge on any atom is 0.0809 e. The molecule has 1 aromatic rings. The molecule has 0 spiro atoms. The normalized spacial score (nSPS) is 20.1. The molecule has 4 heteroatoms. The lowest BCUT2D eigenvalue weighted by molar-refractivity contribution is 0.103. The Bertz CT molecular complexity index is 392. The molecule has 0 saturated carbocycles. The zero-order valence-electron chi connectivity index (χ0n) is 13.0. The van der Waals surface area contributed by atoms with Crippen molar-refractivity contribution in [1.82, 2.24) is 10.2 Å². The van der Waals surface area contributed by atoms with Crippen molar-refractivity contribution in [3.8, 4) is 0 Å². The van der Waals surface area contributed by atoms with Crippen molar-refractivity contribution in [2.75, 3.05) is 20.2 Å². The molecule has 1 aliphatic rings. The summed E-state index contributed by atoms with van der Waals surface area (Å²) in [5.74, 6) is 0. The van der Waals surface area contributed by atoms with Gasteiger partial charge < -0.3 is 15.0 Å². The van der Waals surface area contributed by atoms with Crippen LogP contribution in [0.4, 0.5) is 0 Å². The fraction of sp³-hybridized carbons (Fsp3) is 0.750. The van der Waals surface area contributed by atoms with Gasteiger partial charge in [-0.25, -0.2) is 0 Å². The number of hydrogen-bond donors (Lipinski definition) is 1. The Morgan fingerprint density at radius 1 is 1.40 bits per heavy atom. The summed E-state index contributed by atoms with van der Waals surface area (Å²) < 4.78 is 5.83. The van der Waals surface area contributed by atoms with Crippen molar-refractivity contribution in [2.24, 2.45) is 0 Å². The van der Waals surface area contributed by atoms with Gasteiger partial charge in [0.1, 0.15) is 0 Å². The van der Waals surface area contributed by atoms with Crippen LogP contribution in [0.1, 0.15) is 42.9 Å². The summed E-state index contributed by atoms with van der Waals surface area (Å²) in [7, 11) is 2.23. The van der Waals surface area contributed by atoms with E-state index in [-0.39, 0.29) is 0 Å². The molecule has 2 heterocycles. The Kier molecular flexibility index (Phi) is 6.49. The Morgan fingerprint density at radius 3 is 2.90 bits per heavy atom. The number of ether oxygens (including phenoxy) is 1. The van der Waals surface area contributed by atoms with Crippen LogP contribution in [-0.4, -0.2) is 37.2 Å². The van der Waals surface area contributed by atoms with Crippen molar-refractivity contribution >= 4 is 11.3 Å². The monoisotopic (exact) mass is 296 g/mol. The van der Waals surface area contributed by atoms with Crippen LogP contribution in [0.3, 0.4) is 0 Å². The highest BCUT2D eigenvalue weighted by molar-refractivity contribution is 7.11. The Morgan fingerprint density at radius 2 is 2.20 bits per heavy atom. The van der Waals surface area contributed by atoms with Crippen LogP contribution in [0.15, 0.2) is 12.1 Å². The predicted molar refractivity (Wildman–Crippen MR) is 86.2 cm³/mol. The Labute approximate surface area is 127 Å². The van der Waals surface area contributed by atoms with Gasteiger partial charge in [0.2, 0.25) is 0 Å². The van der Waals surface area contributed by atoms with Gasteiger partial charge in [-0.05, 0) is 45.0 Å². The van der Waals surface area contributed by atoms with Crippen LogP contribution in [0.25, 0.3) is 0 Å². The van der Waals surface area contributed by atoms with Crippen molar-refractivity contribution in [3.63, 3.8) is 0 Å². The first-order valence-corrected chi connectivity index (χ1v) is 8.55. The van der Waals surface area contributed by atoms with Crippen LogP contribution < -0.4 is 5.32 Å². The van der Waals surface area contributed by atoms with E-state index in [0.717, 1.165) is 25.8 Å². The molecule has 1 saturated heterocycles. The van der Waals surface area contributed by atoms with Gasteiger partial charge >= 0.3 is 0 Å². The summed E-state index contributed by atoms with van der Waals surface area (Å²) in [4.78, 5) is 5.20. The maximum atomic E-state index is 5.83. The van der Waals surface area contributed by atoms with Crippen LogP contribution >= 0.6 is 11.3 Å². The van der Waals surface area contributed by atoms with E-state index in [1.165, 1.54) is 35.6 Å². The van der Waals surface area contributed by atoms with Gasteiger partial charge in [-0.2, -0.15) is 0 Å². The number of thiophene rings is 1. The average molecular weight is 296 g/mol. The Balaban J connectivity index is 1.61. The molecule has 20 heavy (non-hydrogen) atoms. The summed E-state index contributed by atoms with van der Waals surface area (Å²) in [6.07, 6.45) is 3.85. The molecule has 0 aromatic carbocycles. The van der Waals surface area contributed by atoms with Gasteiger partial charge in [0.15, 0.2) is 0 Å². The molecular formula is C16H28N2OS. The smallest absolute Gasteiger partial charge is 0.0809 e. The van der Waals surface area contributed by atoms with Gasteiger partial charge in [0.25, 0.3) is 0 Å². The first-order valence-electron chi connectivity index (χ1n) is 7.74. The molecule has 1 unspecified atom stereocenters. The van der Waals surface area contributed by atoms with E-state index in [1.807, 2.05) is 11.3 Å². The van der Waals surface area contributed by atoms with Crippen LogP contribution in [0, 0.1) is 0 Å². The second-order valence-electron chi connectivity index (χ2n) is 6.02. The molecule has 0 amide bonds. The van der Waals surface area contributed by atoms with Crippen molar-refractivity contribution in [1.29, 1.82) is 0 Å². The van der Waals surface area contributed by atoms with Gasteiger partial charge in [-0.1, -0.05) is 13.8 Å². The van der Waals surface area contributed by atoms with Crippen molar-refractivity contribution < 1.29 is 4.74 Å². The lowest BCUT2D eigenvalue weighted by atomic mass is 10.1. The molecule has 1 N–H and O–H groups in total. The largest absolute Gasteiger partial charge is 0.376 e. The second kappa shape index (κ2) is 8.13. The number of rotatable bonds is 8. The molecule has 0 bridgehead atoms. The highest BCUT2D eigenvalue weighted by Crippen LogP contribution is 2.19. The zero-order valence-corrected chi connectivity index (χ0v) is 13.8. The molecule has 1 aromatic heterocycles. The molecule has 114 valence electrons. The van der Waals surface area contributed by atoms with E-state index < -0.39 is 0 Å². The van der Waals surface area contributed by atoms with E-state index in [1.54, 1.807) is 0 Å². The van der Waals surface area contributed by atoms with Crippen LogP contribution in [0.5, 0.6) is 0 Å². The average Bonchev–Trinajstić information content (AvgIpc) is 3.02. The predicted octanol–water partition coefficient (Wildman–Crippen LogP) is 3.25. The third-order valence-corrected chi connectivity index (χ3v) is 4.97. The van der Waals surface area contributed by atoms with E-state index in [0.29, 0.717) is 6.04 Å². The lowest BCUT2D eigenvalue weighted by Gasteiger charge is -2.18. The molecule has 1 fully saturated rings. The second-order valence-corrected chi connectivity index (χ2v) is 7.27. The first-order chi connectivity index (χ1) is 9.65. The summed E-state index contributed by atoms with van der Waals surface area (Å²) in [6.45, 7) is 8.22. The summed E-state index contributed by atoms with van der Waals surface area (Å²) >= 11 is 1.86.